The first-order valence-electron chi connectivity index (χ1n) is 6.74. The molecule has 2 rings (SSSR count). The Morgan fingerprint density at radius 1 is 1.39 bits per heavy atom. The summed E-state index contributed by atoms with van der Waals surface area (Å²) in [5.74, 6) is 0.759. The predicted octanol–water partition coefficient (Wildman–Crippen LogP) is 3.08. The molecule has 1 aliphatic heterocycles. The van der Waals surface area contributed by atoms with Gasteiger partial charge in [0.05, 0.1) is 19.3 Å². The van der Waals surface area contributed by atoms with Crippen molar-refractivity contribution in [3.8, 4) is 5.75 Å². The highest BCUT2D eigenvalue weighted by atomic mass is 16.5. The Hall–Kier alpha value is -1.06. The second-order valence-electron chi connectivity index (χ2n) is 4.82. The zero-order valence-corrected chi connectivity index (χ0v) is 11.0. The van der Waals surface area contributed by atoms with Crippen molar-refractivity contribution < 1.29 is 14.6 Å². The van der Waals surface area contributed by atoms with Gasteiger partial charge in [-0.1, -0.05) is 18.2 Å². The molecule has 0 radical (unpaired) electrons. The van der Waals surface area contributed by atoms with E-state index in [9.17, 15) is 5.11 Å². The Labute approximate surface area is 109 Å². The van der Waals surface area contributed by atoms with Crippen molar-refractivity contribution in [1.29, 1.82) is 0 Å². The summed E-state index contributed by atoms with van der Waals surface area (Å²) >= 11 is 0. The van der Waals surface area contributed by atoms with E-state index >= 15 is 0 Å². The summed E-state index contributed by atoms with van der Waals surface area (Å²) < 4.78 is 10.9. The molecule has 100 valence electrons. The molecule has 0 aromatic heterocycles. The van der Waals surface area contributed by atoms with Crippen LogP contribution in [0, 0.1) is 0 Å². The third kappa shape index (κ3) is 3.47. The number of rotatable bonds is 5. The molecule has 0 amide bonds. The minimum absolute atomic E-state index is 0.322. The van der Waals surface area contributed by atoms with Crippen molar-refractivity contribution in [1.82, 2.24) is 0 Å². The molecule has 1 fully saturated rings. The lowest BCUT2D eigenvalue weighted by atomic mass is 9.98. The molecule has 1 saturated heterocycles. The smallest absolute Gasteiger partial charge is 0.124 e. The molecule has 3 nitrogen and oxygen atoms in total. The van der Waals surface area contributed by atoms with Crippen LogP contribution in [0.2, 0.25) is 0 Å². The Kier molecular flexibility index (Phi) is 5.02. The average Bonchev–Trinajstić information content (AvgIpc) is 2.45. The van der Waals surface area contributed by atoms with Crippen molar-refractivity contribution in [2.75, 3.05) is 13.7 Å². The molecule has 0 aliphatic carbocycles. The van der Waals surface area contributed by atoms with Gasteiger partial charge in [-0.05, 0) is 38.2 Å². The van der Waals surface area contributed by atoms with E-state index in [0.717, 1.165) is 37.2 Å². The molecular formula is C15H22O3. The van der Waals surface area contributed by atoms with E-state index in [1.807, 2.05) is 24.3 Å². The normalized spacial score (nSPS) is 21.6. The second-order valence-corrected chi connectivity index (χ2v) is 4.82. The summed E-state index contributed by atoms with van der Waals surface area (Å²) in [6, 6.07) is 7.65. The fraction of sp³-hybridized carbons (Fsp3) is 0.600. The number of aliphatic hydroxyl groups excluding tert-OH is 1. The van der Waals surface area contributed by atoms with Crippen molar-refractivity contribution in [2.45, 2.75) is 44.3 Å². The van der Waals surface area contributed by atoms with Crippen molar-refractivity contribution in [3.05, 3.63) is 29.8 Å². The zero-order chi connectivity index (χ0) is 12.8. The van der Waals surface area contributed by atoms with E-state index in [-0.39, 0.29) is 0 Å². The third-order valence-corrected chi connectivity index (χ3v) is 3.53. The number of ether oxygens (including phenoxy) is 2. The standard InChI is InChI=1S/C15H22O3/c1-17-15-8-3-2-7-13(15)14(16)10-9-12-6-4-5-11-18-12/h2-3,7-8,12,14,16H,4-6,9-11H2,1H3. The van der Waals surface area contributed by atoms with Crippen molar-refractivity contribution >= 4 is 0 Å². The Bertz CT molecular complexity index is 359. The van der Waals surface area contributed by atoms with Crippen molar-refractivity contribution in [2.24, 2.45) is 0 Å². The summed E-state index contributed by atoms with van der Waals surface area (Å²) in [5, 5.41) is 10.2. The van der Waals surface area contributed by atoms with Crippen LogP contribution >= 0.6 is 0 Å². The van der Waals surface area contributed by atoms with Gasteiger partial charge in [0.25, 0.3) is 0 Å². The number of methoxy groups -OCH3 is 1. The van der Waals surface area contributed by atoms with Gasteiger partial charge in [0, 0.05) is 12.2 Å². The highest BCUT2D eigenvalue weighted by molar-refractivity contribution is 5.34. The molecule has 1 aromatic carbocycles. The summed E-state index contributed by atoms with van der Waals surface area (Å²) in [7, 11) is 1.63. The number of aliphatic hydroxyl groups is 1. The van der Waals surface area contributed by atoms with Gasteiger partial charge >= 0.3 is 0 Å². The van der Waals surface area contributed by atoms with Crippen LogP contribution in [0.15, 0.2) is 24.3 Å². The number of benzene rings is 1. The van der Waals surface area contributed by atoms with E-state index in [1.54, 1.807) is 7.11 Å². The largest absolute Gasteiger partial charge is 0.496 e. The minimum Gasteiger partial charge on any atom is -0.496 e. The first-order valence-corrected chi connectivity index (χ1v) is 6.74. The Morgan fingerprint density at radius 3 is 2.94 bits per heavy atom. The van der Waals surface area contributed by atoms with E-state index in [0.29, 0.717) is 6.10 Å². The molecule has 0 bridgehead atoms. The number of para-hydroxylation sites is 1. The highest BCUT2D eigenvalue weighted by Gasteiger charge is 2.18. The molecule has 0 saturated carbocycles. The Morgan fingerprint density at radius 2 is 2.22 bits per heavy atom. The van der Waals surface area contributed by atoms with Gasteiger partial charge in [0.1, 0.15) is 5.75 Å². The third-order valence-electron chi connectivity index (χ3n) is 3.53. The van der Waals surface area contributed by atoms with Crippen LogP contribution in [-0.2, 0) is 4.74 Å². The van der Waals surface area contributed by atoms with Gasteiger partial charge in [-0.25, -0.2) is 0 Å². The first kappa shape index (κ1) is 13.4. The zero-order valence-electron chi connectivity index (χ0n) is 11.0. The molecule has 18 heavy (non-hydrogen) atoms. The number of hydrogen-bond donors (Lipinski definition) is 1. The summed E-state index contributed by atoms with van der Waals surface area (Å²) in [6.07, 6.45) is 5.04. The maximum absolute atomic E-state index is 10.2. The molecular weight excluding hydrogens is 228 g/mol. The van der Waals surface area contributed by atoms with Crippen LogP contribution in [0.1, 0.15) is 43.8 Å². The van der Waals surface area contributed by atoms with Gasteiger partial charge in [0.2, 0.25) is 0 Å². The van der Waals surface area contributed by atoms with Gasteiger partial charge in [-0.3, -0.25) is 0 Å². The monoisotopic (exact) mass is 250 g/mol. The lowest BCUT2D eigenvalue weighted by Crippen LogP contribution is -2.19. The maximum atomic E-state index is 10.2. The summed E-state index contributed by atoms with van der Waals surface area (Å²) in [5.41, 5.74) is 0.871. The van der Waals surface area contributed by atoms with E-state index in [2.05, 4.69) is 0 Å². The average molecular weight is 250 g/mol. The quantitative estimate of drug-likeness (QED) is 0.872. The summed E-state index contributed by atoms with van der Waals surface area (Å²) in [4.78, 5) is 0. The maximum Gasteiger partial charge on any atom is 0.124 e. The SMILES string of the molecule is COc1ccccc1C(O)CCC1CCCCO1. The predicted molar refractivity (Wildman–Crippen MR) is 70.8 cm³/mol. The lowest BCUT2D eigenvalue weighted by molar-refractivity contribution is 0.00199. The summed E-state index contributed by atoms with van der Waals surface area (Å²) in [6.45, 7) is 0.870. The second kappa shape index (κ2) is 6.76. The van der Waals surface area contributed by atoms with E-state index in [4.69, 9.17) is 9.47 Å². The van der Waals surface area contributed by atoms with Crippen LogP contribution in [-0.4, -0.2) is 24.9 Å². The molecule has 0 spiro atoms. The van der Waals surface area contributed by atoms with Gasteiger partial charge in [-0.2, -0.15) is 0 Å². The minimum atomic E-state index is -0.466. The molecule has 1 heterocycles. The first-order chi connectivity index (χ1) is 8.81. The molecule has 3 heteroatoms. The van der Waals surface area contributed by atoms with Crippen LogP contribution in [0.5, 0.6) is 5.75 Å². The topological polar surface area (TPSA) is 38.7 Å². The fourth-order valence-corrected chi connectivity index (χ4v) is 2.48. The van der Waals surface area contributed by atoms with Crippen molar-refractivity contribution in [3.63, 3.8) is 0 Å². The molecule has 2 atom stereocenters. The van der Waals surface area contributed by atoms with Gasteiger partial charge < -0.3 is 14.6 Å². The van der Waals surface area contributed by atoms with Crippen LogP contribution < -0.4 is 4.74 Å². The van der Waals surface area contributed by atoms with Crippen LogP contribution in [0.4, 0.5) is 0 Å². The molecule has 1 N–H and O–H groups in total. The Balaban J connectivity index is 1.88. The highest BCUT2D eigenvalue weighted by Crippen LogP contribution is 2.29. The molecule has 1 aromatic rings. The number of hydrogen-bond acceptors (Lipinski definition) is 3. The molecule has 2 unspecified atom stereocenters. The molecule has 1 aliphatic rings. The van der Waals surface area contributed by atoms with E-state index in [1.165, 1.54) is 12.8 Å². The van der Waals surface area contributed by atoms with Gasteiger partial charge in [0.15, 0.2) is 0 Å². The van der Waals surface area contributed by atoms with Crippen LogP contribution in [0.25, 0.3) is 0 Å². The van der Waals surface area contributed by atoms with E-state index < -0.39 is 6.10 Å². The lowest BCUT2D eigenvalue weighted by Gasteiger charge is -2.24. The van der Waals surface area contributed by atoms with Crippen LogP contribution in [0.3, 0.4) is 0 Å². The fourth-order valence-electron chi connectivity index (χ4n) is 2.48. The van der Waals surface area contributed by atoms with Gasteiger partial charge in [-0.15, -0.1) is 0 Å².